The van der Waals surface area contributed by atoms with Crippen molar-refractivity contribution in [3.63, 3.8) is 0 Å². The highest BCUT2D eigenvalue weighted by molar-refractivity contribution is 9.10. The molecule has 0 bridgehead atoms. The molecule has 0 unspecified atom stereocenters. The zero-order valence-corrected chi connectivity index (χ0v) is 12.5. The second-order valence-electron chi connectivity index (χ2n) is 3.58. The van der Waals surface area contributed by atoms with Gasteiger partial charge in [0.15, 0.2) is 0 Å². The number of thioether (sulfide) groups is 1. The number of halogens is 1. The number of nitrogens with zero attached hydrogens (tertiary/aromatic N) is 2. The van der Waals surface area contributed by atoms with Crippen molar-refractivity contribution < 1.29 is 4.74 Å². The summed E-state index contributed by atoms with van der Waals surface area (Å²) in [5, 5.41) is 4.48. The molecule has 0 spiro atoms. The van der Waals surface area contributed by atoms with Crippen molar-refractivity contribution in [3.05, 3.63) is 15.9 Å². The third-order valence-electron chi connectivity index (χ3n) is 2.38. The van der Waals surface area contributed by atoms with Crippen molar-refractivity contribution in [1.29, 1.82) is 0 Å². The van der Waals surface area contributed by atoms with Gasteiger partial charge in [-0.25, -0.2) is 0 Å². The molecule has 0 amide bonds. The van der Waals surface area contributed by atoms with E-state index in [1.54, 1.807) is 7.11 Å². The molecule has 0 fully saturated rings. The lowest BCUT2D eigenvalue weighted by Gasteiger charge is -2.03. The molecule has 0 aliphatic carbocycles. The molecule has 16 heavy (non-hydrogen) atoms. The molecule has 92 valence electrons. The number of hydrogen-bond donors (Lipinski definition) is 0. The third-order valence-corrected chi connectivity index (χ3v) is 4.35. The molecule has 0 radical (unpaired) electrons. The molecule has 5 heteroatoms. The molecule has 0 saturated heterocycles. The highest BCUT2D eigenvalue weighted by Crippen LogP contribution is 2.25. The Kier molecular flexibility index (Phi) is 6.46. The molecule has 0 saturated carbocycles. The van der Waals surface area contributed by atoms with E-state index in [9.17, 15) is 0 Å². The van der Waals surface area contributed by atoms with E-state index in [2.05, 4.69) is 28.0 Å². The fraction of sp³-hybridized carbons (Fsp3) is 0.727. The SMILES string of the molecule is CCc1nn(C)c(CSCCCOC)c1Br. The number of aromatic nitrogens is 2. The lowest BCUT2D eigenvalue weighted by atomic mass is 10.3. The predicted molar refractivity (Wildman–Crippen MR) is 72.9 cm³/mol. The first-order chi connectivity index (χ1) is 7.70. The second kappa shape index (κ2) is 7.35. The van der Waals surface area contributed by atoms with Crippen molar-refractivity contribution in [2.45, 2.75) is 25.5 Å². The zero-order valence-electron chi connectivity index (χ0n) is 10.1. The Balaban J connectivity index is 2.44. The summed E-state index contributed by atoms with van der Waals surface area (Å²) in [7, 11) is 3.75. The van der Waals surface area contributed by atoms with Gasteiger partial charge in [-0.05, 0) is 34.5 Å². The topological polar surface area (TPSA) is 27.1 Å². The minimum Gasteiger partial charge on any atom is -0.385 e. The van der Waals surface area contributed by atoms with Crippen molar-refractivity contribution in [2.24, 2.45) is 7.05 Å². The van der Waals surface area contributed by atoms with Gasteiger partial charge in [0.1, 0.15) is 0 Å². The maximum atomic E-state index is 5.02. The third kappa shape index (κ3) is 3.79. The van der Waals surface area contributed by atoms with Crippen LogP contribution in [-0.2, 0) is 24.0 Å². The summed E-state index contributed by atoms with van der Waals surface area (Å²) in [6, 6.07) is 0. The summed E-state index contributed by atoms with van der Waals surface area (Å²) in [6.45, 7) is 2.97. The maximum Gasteiger partial charge on any atom is 0.0767 e. The molecule has 0 aromatic carbocycles. The van der Waals surface area contributed by atoms with Gasteiger partial charge >= 0.3 is 0 Å². The number of aryl methyl sites for hydroxylation is 2. The average molecular weight is 307 g/mol. The Morgan fingerprint density at radius 3 is 2.81 bits per heavy atom. The second-order valence-corrected chi connectivity index (χ2v) is 5.48. The Hall–Kier alpha value is -0.0000000000000000555. The van der Waals surface area contributed by atoms with E-state index in [1.165, 1.54) is 10.2 Å². The molecule has 0 aliphatic heterocycles. The number of ether oxygens (including phenoxy) is 1. The lowest BCUT2D eigenvalue weighted by Crippen LogP contribution is -1.98. The van der Waals surface area contributed by atoms with Gasteiger partial charge in [-0.3, -0.25) is 4.68 Å². The number of hydrogen-bond acceptors (Lipinski definition) is 3. The molecule has 1 aromatic heterocycles. The van der Waals surface area contributed by atoms with E-state index in [0.717, 1.165) is 36.6 Å². The van der Waals surface area contributed by atoms with Crippen LogP contribution in [0.2, 0.25) is 0 Å². The minimum absolute atomic E-state index is 0.847. The smallest absolute Gasteiger partial charge is 0.0767 e. The van der Waals surface area contributed by atoms with Crippen molar-refractivity contribution in [1.82, 2.24) is 9.78 Å². The van der Waals surface area contributed by atoms with Crippen LogP contribution in [0.1, 0.15) is 24.7 Å². The number of rotatable bonds is 7. The van der Waals surface area contributed by atoms with Gasteiger partial charge in [-0.15, -0.1) is 0 Å². The van der Waals surface area contributed by atoms with Crippen molar-refractivity contribution in [2.75, 3.05) is 19.5 Å². The van der Waals surface area contributed by atoms with Crippen LogP contribution >= 0.6 is 27.7 Å². The molecule has 3 nitrogen and oxygen atoms in total. The van der Waals surface area contributed by atoms with Crippen LogP contribution < -0.4 is 0 Å². The van der Waals surface area contributed by atoms with Gasteiger partial charge in [0.05, 0.1) is 15.9 Å². The standard InChI is InChI=1S/C11H19BrN2OS/c1-4-9-11(12)10(14(2)13-9)8-16-7-5-6-15-3/h4-8H2,1-3H3. The van der Waals surface area contributed by atoms with Crippen LogP contribution in [0.15, 0.2) is 4.47 Å². The van der Waals surface area contributed by atoms with Crippen LogP contribution in [-0.4, -0.2) is 29.3 Å². The molecule has 0 aliphatic rings. The Morgan fingerprint density at radius 1 is 1.50 bits per heavy atom. The molecular weight excluding hydrogens is 288 g/mol. The van der Waals surface area contributed by atoms with Gasteiger partial charge in [0.25, 0.3) is 0 Å². The van der Waals surface area contributed by atoms with Crippen molar-refractivity contribution >= 4 is 27.7 Å². The lowest BCUT2D eigenvalue weighted by molar-refractivity contribution is 0.200. The molecule has 1 rings (SSSR count). The van der Waals surface area contributed by atoms with E-state index < -0.39 is 0 Å². The van der Waals surface area contributed by atoms with Crippen LogP contribution in [0.25, 0.3) is 0 Å². The predicted octanol–water partition coefficient (Wildman–Crippen LogP) is 3.01. The van der Waals surface area contributed by atoms with Crippen LogP contribution in [0.3, 0.4) is 0 Å². The highest BCUT2D eigenvalue weighted by Gasteiger charge is 2.11. The van der Waals surface area contributed by atoms with E-state index >= 15 is 0 Å². The van der Waals surface area contributed by atoms with E-state index in [4.69, 9.17) is 4.74 Å². The van der Waals surface area contributed by atoms with E-state index in [-0.39, 0.29) is 0 Å². The maximum absolute atomic E-state index is 5.02. The first-order valence-corrected chi connectivity index (χ1v) is 7.42. The van der Waals surface area contributed by atoms with E-state index in [1.807, 2.05) is 23.5 Å². The summed E-state index contributed by atoms with van der Waals surface area (Å²) in [6.07, 6.45) is 2.08. The summed E-state index contributed by atoms with van der Waals surface area (Å²) in [5.41, 5.74) is 2.43. The molecule has 1 heterocycles. The van der Waals surface area contributed by atoms with Crippen LogP contribution in [0.5, 0.6) is 0 Å². The molecule has 0 N–H and O–H groups in total. The largest absolute Gasteiger partial charge is 0.385 e. The van der Waals surface area contributed by atoms with Gasteiger partial charge in [0.2, 0.25) is 0 Å². The summed E-state index contributed by atoms with van der Waals surface area (Å²) in [4.78, 5) is 0. The Bertz CT molecular complexity index is 328. The summed E-state index contributed by atoms with van der Waals surface area (Å²) >= 11 is 5.55. The van der Waals surface area contributed by atoms with Gasteiger partial charge in [-0.1, -0.05) is 6.92 Å². The van der Waals surface area contributed by atoms with Crippen molar-refractivity contribution in [3.8, 4) is 0 Å². The zero-order chi connectivity index (χ0) is 12.0. The van der Waals surface area contributed by atoms with Crippen LogP contribution in [0, 0.1) is 0 Å². The average Bonchev–Trinajstić information content (AvgIpc) is 2.55. The fourth-order valence-electron chi connectivity index (χ4n) is 1.45. The number of methoxy groups -OCH3 is 1. The first kappa shape index (κ1) is 14.1. The minimum atomic E-state index is 0.847. The Morgan fingerprint density at radius 2 is 2.25 bits per heavy atom. The molecule has 1 aromatic rings. The Labute approximate surface area is 110 Å². The monoisotopic (exact) mass is 306 g/mol. The first-order valence-electron chi connectivity index (χ1n) is 5.47. The molecule has 0 atom stereocenters. The van der Waals surface area contributed by atoms with Gasteiger partial charge in [0, 0.05) is 26.5 Å². The van der Waals surface area contributed by atoms with E-state index in [0.29, 0.717) is 0 Å². The van der Waals surface area contributed by atoms with Crippen LogP contribution in [0.4, 0.5) is 0 Å². The summed E-state index contributed by atoms with van der Waals surface area (Å²) < 4.78 is 8.18. The normalized spacial score (nSPS) is 11.0. The van der Waals surface area contributed by atoms with Gasteiger partial charge < -0.3 is 4.74 Å². The highest BCUT2D eigenvalue weighted by atomic mass is 79.9. The molecular formula is C11H19BrN2OS. The van der Waals surface area contributed by atoms with Gasteiger partial charge in [-0.2, -0.15) is 16.9 Å². The fourth-order valence-corrected chi connectivity index (χ4v) is 3.38. The quantitative estimate of drug-likeness (QED) is 0.725. The summed E-state index contributed by atoms with van der Waals surface area (Å²) in [5.74, 6) is 2.14.